The second-order valence-electron chi connectivity index (χ2n) is 9.86. The van der Waals surface area contributed by atoms with Crippen LogP contribution >= 0.6 is 0 Å². The molecule has 36 heavy (non-hydrogen) atoms. The van der Waals surface area contributed by atoms with Gasteiger partial charge in [0.2, 0.25) is 5.95 Å². The van der Waals surface area contributed by atoms with Gasteiger partial charge < -0.3 is 15.0 Å². The molecule has 0 unspecified atom stereocenters. The summed E-state index contributed by atoms with van der Waals surface area (Å²) in [5.74, 6) is 0.938. The number of fused-ring (bicyclic) bond motifs is 2. The van der Waals surface area contributed by atoms with Crippen molar-refractivity contribution < 1.29 is 9.13 Å². The first-order valence-electron chi connectivity index (χ1n) is 11.9. The second-order valence-corrected chi connectivity index (χ2v) is 9.86. The van der Waals surface area contributed by atoms with Crippen molar-refractivity contribution in [1.29, 1.82) is 5.26 Å². The van der Waals surface area contributed by atoms with Crippen LogP contribution in [0, 0.1) is 24.1 Å². The van der Waals surface area contributed by atoms with Gasteiger partial charge in [0.15, 0.2) is 11.3 Å². The average Bonchev–Trinajstić information content (AvgIpc) is 3.51. The molecule has 1 aliphatic rings. The number of benzene rings is 2. The highest BCUT2D eigenvalue weighted by Crippen LogP contribution is 2.33. The number of hydrogen-bond donors (Lipinski definition) is 1. The van der Waals surface area contributed by atoms with Crippen LogP contribution in [0.15, 0.2) is 42.7 Å². The lowest BCUT2D eigenvalue weighted by Gasteiger charge is -2.34. The van der Waals surface area contributed by atoms with E-state index in [-0.39, 0.29) is 23.4 Å². The molecule has 0 saturated heterocycles. The standard InChI is InChI=1S/C26H27B2FN6O/c1-15-10-16(26(27,28)34(2)3)4-5-18(15)21-13-32-25(35-14-17(11-30)33-24(21)35)31-12-20-19-8-9-36-23(19)7-6-22(20)29/h4-7,10,13-14H,8-9,12,27-28H2,1-3H3,(H,31,32). The number of nitriles is 1. The Kier molecular flexibility index (Phi) is 5.97. The summed E-state index contributed by atoms with van der Waals surface area (Å²) in [5.41, 5.74) is 6.48. The van der Waals surface area contributed by atoms with Crippen molar-refractivity contribution in [3.05, 3.63) is 76.5 Å². The number of hydrogen-bond acceptors (Lipinski definition) is 6. The minimum Gasteiger partial charge on any atom is -0.493 e. The van der Waals surface area contributed by atoms with Gasteiger partial charge in [-0.3, -0.25) is 4.40 Å². The Hall–Kier alpha value is -3.83. The van der Waals surface area contributed by atoms with Gasteiger partial charge in [-0.15, -0.1) is 0 Å². The van der Waals surface area contributed by atoms with E-state index in [4.69, 9.17) is 4.74 Å². The van der Waals surface area contributed by atoms with Gasteiger partial charge in [-0.2, -0.15) is 5.26 Å². The average molecular weight is 480 g/mol. The molecule has 180 valence electrons. The van der Waals surface area contributed by atoms with Gasteiger partial charge in [0.05, 0.1) is 12.8 Å². The van der Waals surface area contributed by atoms with Crippen LogP contribution < -0.4 is 10.1 Å². The van der Waals surface area contributed by atoms with Crippen LogP contribution in [0.2, 0.25) is 0 Å². The van der Waals surface area contributed by atoms with Crippen molar-refractivity contribution in [3.63, 3.8) is 0 Å². The Bertz CT molecular complexity index is 1530. The van der Waals surface area contributed by atoms with Gasteiger partial charge in [-0.1, -0.05) is 18.2 Å². The highest BCUT2D eigenvalue weighted by molar-refractivity contribution is 6.39. The maximum atomic E-state index is 14.6. The molecule has 5 rings (SSSR count). The van der Waals surface area contributed by atoms with Gasteiger partial charge in [0.1, 0.15) is 33.3 Å². The molecule has 0 saturated carbocycles. The lowest BCUT2D eigenvalue weighted by atomic mass is 9.57. The zero-order chi connectivity index (χ0) is 25.6. The van der Waals surface area contributed by atoms with E-state index in [2.05, 4.69) is 81.2 Å². The summed E-state index contributed by atoms with van der Waals surface area (Å²) in [5, 5.41) is 12.7. The van der Waals surface area contributed by atoms with E-state index >= 15 is 0 Å². The molecule has 7 nitrogen and oxygen atoms in total. The Morgan fingerprint density at radius 1 is 1.25 bits per heavy atom. The van der Waals surface area contributed by atoms with Crippen LogP contribution in [0.4, 0.5) is 10.3 Å². The second kappa shape index (κ2) is 8.99. The molecule has 3 heterocycles. The van der Waals surface area contributed by atoms with Crippen LogP contribution in [0.5, 0.6) is 5.75 Å². The molecule has 0 fully saturated rings. The fraction of sp³-hybridized carbons (Fsp3) is 0.269. The zero-order valence-corrected chi connectivity index (χ0v) is 21.2. The molecule has 0 spiro atoms. The molecular weight excluding hydrogens is 453 g/mol. The van der Waals surface area contributed by atoms with Gasteiger partial charge >= 0.3 is 0 Å². The molecular formula is C26H27B2FN6O. The van der Waals surface area contributed by atoms with Crippen molar-refractivity contribution in [2.45, 2.75) is 25.2 Å². The number of halogens is 1. The number of aryl methyl sites for hydroxylation is 1. The van der Waals surface area contributed by atoms with Crippen molar-refractivity contribution in [2.24, 2.45) is 0 Å². The lowest BCUT2D eigenvalue weighted by molar-refractivity contribution is 0.341. The SMILES string of the molecule is BC(B)(c1ccc(-c2cnc(NCc3c(F)ccc4c3CCO4)n3cc(C#N)nc23)c(C)c1)N(C)C. The number of anilines is 1. The summed E-state index contributed by atoms with van der Waals surface area (Å²) in [6.07, 6.45) is 4.09. The lowest BCUT2D eigenvalue weighted by Crippen LogP contribution is -2.42. The highest BCUT2D eigenvalue weighted by atomic mass is 19.1. The molecule has 0 radical (unpaired) electrons. The minimum atomic E-state index is -0.278. The number of nitrogens with one attached hydrogen (secondary N) is 1. The Balaban J connectivity index is 1.53. The van der Waals surface area contributed by atoms with Gasteiger partial charge in [-0.25, -0.2) is 14.4 Å². The van der Waals surface area contributed by atoms with Crippen molar-refractivity contribution in [2.75, 3.05) is 26.0 Å². The van der Waals surface area contributed by atoms with Gasteiger partial charge in [0, 0.05) is 35.9 Å². The smallest absolute Gasteiger partial charge is 0.208 e. The van der Waals surface area contributed by atoms with Crippen molar-refractivity contribution in [3.8, 4) is 22.9 Å². The van der Waals surface area contributed by atoms with Gasteiger partial charge in [0.25, 0.3) is 0 Å². The first-order chi connectivity index (χ1) is 17.2. The van der Waals surface area contributed by atoms with E-state index in [1.165, 1.54) is 11.6 Å². The molecule has 1 N–H and O–H groups in total. The third-order valence-electron chi connectivity index (χ3n) is 7.31. The molecule has 2 aromatic heterocycles. The monoisotopic (exact) mass is 480 g/mol. The number of rotatable bonds is 6. The minimum absolute atomic E-state index is 0.121. The summed E-state index contributed by atoms with van der Waals surface area (Å²) in [6.45, 7) is 2.87. The van der Waals surface area contributed by atoms with Crippen LogP contribution in [0.1, 0.15) is 27.9 Å². The van der Waals surface area contributed by atoms with Crippen molar-refractivity contribution >= 4 is 27.3 Å². The normalized spacial score (nSPS) is 13.0. The first-order valence-corrected chi connectivity index (χ1v) is 11.9. The number of nitrogens with zero attached hydrogens (tertiary/aromatic N) is 5. The van der Waals surface area contributed by atoms with E-state index in [9.17, 15) is 9.65 Å². The Morgan fingerprint density at radius 2 is 2.06 bits per heavy atom. The topological polar surface area (TPSA) is 78.5 Å². The molecule has 0 atom stereocenters. The molecule has 0 bridgehead atoms. The van der Waals surface area contributed by atoms with Crippen LogP contribution in [-0.2, 0) is 18.3 Å². The first kappa shape index (κ1) is 23.9. The van der Waals surface area contributed by atoms with Crippen LogP contribution in [0.3, 0.4) is 0 Å². The quantitative estimate of drug-likeness (QED) is 0.427. The number of ether oxygens (including phenoxy) is 1. The summed E-state index contributed by atoms with van der Waals surface area (Å²) < 4.78 is 22.0. The molecule has 0 aliphatic carbocycles. The highest BCUT2D eigenvalue weighted by Gasteiger charge is 2.24. The van der Waals surface area contributed by atoms with E-state index < -0.39 is 0 Å². The zero-order valence-electron chi connectivity index (χ0n) is 21.2. The van der Waals surface area contributed by atoms with E-state index in [1.807, 2.05) is 0 Å². The molecule has 0 amide bonds. The molecule has 2 aromatic carbocycles. The predicted octanol–water partition coefficient (Wildman–Crippen LogP) is 2.20. The summed E-state index contributed by atoms with van der Waals surface area (Å²) >= 11 is 0. The Labute approximate surface area is 211 Å². The summed E-state index contributed by atoms with van der Waals surface area (Å²) in [7, 11) is 8.51. The van der Waals surface area contributed by atoms with E-state index in [1.54, 1.807) is 22.9 Å². The Morgan fingerprint density at radius 3 is 2.78 bits per heavy atom. The molecule has 4 aromatic rings. The van der Waals surface area contributed by atoms with Gasteiger partial charge in [-0.05, 0) is 55.2 Å². The summed E-state index contributed by atoms with van der Waals surface area (Å²) in [6, 6.07) is 11.6. The van der Waals surface area contributed by atoms with E-state index in [0.29, 0.717) is 30.2 Å². The maximum Gasteiger partial charge on any atom is 0.208 e. The van der Waals surface area contributed by atoms with Crippen LogP contribution in [0.25, 0.3) is 16.8 Å². The third-order valence-corrected chi connectivity index (χ3v) is 7.31. The molecule has 10 heteroatoms. The summed E-state index contributed by atoms with van der Waals surface area (Å²) in [4.78, 5) is 11.4. The third kappa shape index (κ3) is 3.99. The fourth-order valence-corrected chi connectivity index (χ4v) is 4.63. The van der Waals surface area contributed by atoms with Crippen molar-refractivity contribution in [1.82, 2.24) is 19.3 Å². The fourth-order valence-electron chi connectivity index (χ4n) is 4.63. The predicted molar refractivity (Wildman–Crippen MR) is 143 cm³/mol. The van der Waals surface area contributed by atoms with E-state index in [0.717, 1.165) is 28.0 Å². The number of aromatic nitrogens is 3. The van der Waals surface area contributed by atoms with Crippen LogP contribution in [-0.4, -0.2) is 55.7 Å². The maximum absolute atomic E-state index is 14.6. The molecule has 1 aliphatic heterocycles. The largest absolute Gasteiger partial charge is 0.493 e. The number of imidazole rings is 1.